The molecule has 1 fully saturated rings. The Morgan fingerprint density at radius 3 is 2.40 bits per heavy atom. The van der Waals surface area contributed by atoms with Gasteiger partial charge in [-0.1, -0.05) is 12.1 Å². The molecule has 2 nitrogen and oxygen atoms in total. The Hall–Kier alpha value is -0.930. The number of hydrogen-bond donors (Lipinski definition) is 1. The van der Waals surface area contributed by atoms with Gasteiger partial charge in [-0.2, -0.15) is 0 Å². The first-order chi connectivity index (χ1) is 7.27. The Morgan fingerprint density at radius 1 is 1.20 bits per heavy atom. The molecule has 0 radical (unpaired) electrons. The van der Waals surface area contributed by atoms with Crippen molar-refractivity contribution in [3.05, 3.63) is 35.6 Å². The van der Waals surface area contributed by atoms with Gasteiger partial charge in [0.25, 0.3) is 0 Å². The van der Waals surface area contributed by atoms with Gasteiger partial charge in [0.05, 0.1) is 0 Å². The Morgan fingerprint density at radius 2 is 1.80 bits per heavy atom. The van der Waals surface area contributed by atoms with Crippen molar-refractivity contribution in [2.75, 3.05) is 13.2 Å². The zero-order valence-corrected chi connectivity index (χ0v) is 8.66. The highest BCUT2D eigenvalue weighted by molar-refractivity contribution is 5.20. The van der Waals surface area contributed by atoms with Crippen LogP contribution in [0.4, 0.5) is 4.39 Å². The van der Waals surface area contributed by atoms with E-state index in [2.05, 4.69) is 0 Å². The van der Waals surface area contributed by atoms with Crippen molar-refractivity contribution in [1.82, 2.24) is 0 Å². The first-order valence-electron chi connectivity index (χ1n) is 5.36. The van der Waals surface area contributed by atoms with Crippen LogP contribution in [0.1, 0.15) is 24.4 Å². The van der Waals surface area contributed by atoms with Gasteiger partial charge in [0, 0.05) is 19.3 Å². The van der Waals surface area contributed by atoms with Crippen molar-refractivity contribution >= 4 is 0 Å². The molecule has 2 rings (SSSR count). The summed E-state index contributed by atoms with van der Waals surface area (Å²) in [7, 11) is 0. The Kier molecular flexibility index (Phi) is 3.34. The molecule has 0 aromatic heterocycles. The monoisotopic (exact) mass is 209 g/mol. The van der Waals surface area contributed by atoms with E-state index in [9.17, 15) is 4.39 Å². The van der Waals surface area contributed by atoms with Gasteiger partial charge >= 0.3 is 0 Å². The summed E-state index contributed by atoms with van der Waals surface area (Å²) < 4.78 is 18.0. The molecular formula is C12H16FNO. The van der Waals surface area contributed by atoms with E-state index in [1.807, 2.05) is 0 Å². The Balaban J connectivity index is 2.05. The molecule has 82 valence electrons. The summed E-state index contributed by atoms with van der Waals surface area (Å²) in [5.74, 6) is 0.252. The van der Waals surface area contributed by atoms with Gasteiger partial charge in [-0.25, -0.2) is 4.39 Å². The third-order valence-electron chi connectivity index (χ3n) is 3.03. The molecule has 0 aliphatic carbocycles. The molecule has 0 amide bonds. The van der Waals surface area contributed by atoms with Gasteiger partial charge in [-0.15, -0.1) is 0 Å². The molecule has 1 aliphatic heterocycles. The summed E-state index contributed by atoms with van der Waals surface area (Å²) in [5.41, 5.74) is 7.16. The number of hydrogen-bond acceptors (Lipinski definition) is 2. The van der Waals surface area contributed by atoms with Gasteiger partial charge in [0.15, 0.2) is 0 Å². The standard InChI is InChI=1S/C12H16FNO/c13-11-3-1-9(2-4-11)12(14)10-5-7-15-8-6-10/h1-4,10,12H,5-8,14H2. The number of nitrogens with two attached hydrogens (primary N) is 1. The third kappa shape index (κ3) is 2.55. The summed E-state index contributed by atoms with van der Waals surface area (Å²) in [6.45, 7) is 1.58. The fraction of sp³-hybridized carbons (Fsp3) is 0.500. The molecule has 0 spiro atoms. The maximum Gasteiger partial charge on any atom is 0.123 e. The first kappa shape index (κ1) is 10.6. The average Bonchev–Trinajstić information content (AvgIpc) is 2.30. The SMILES string of the molecule is NC(c1ccc(F)cc1)C1CCOCC1. The highest BCUT2D eigenvalue weighted by atomic mass is 19.1. The van der Waals surface area contributed by atoms with E-state index < -0.39 is 0 Å². The third-order valence-corrected chi connectivity index (χ3v) is 3.03. The van der Waals surface area contributed by atoms with Crippen LogP contribution in [0.2, 0.25) is 0 Å². The second kappa shape index (κ2) is 4.73. The zero-order chi connectivity index (χ0) is 10.7. The normalized spacial score (nSPS) is 20.1. The molecule has 1 heterocycles. The lowest BCUT2D eigenvalue weighted by Crippen LogP contribution is -2.27. The van der Waals surface area contributed by atoms with Crippen LogP contribution in [0.15, 0.2) is 24.3 Å². The molecule has 0 bridgehead atoms. The zero-order valence-electron chi connectivity index (χ0n) is 8.66. The summed E-state index contributed by atoms with van der Waals surface area (Å²) in [6, 6.07) is 6.49. The van der Waals surface area contributed by atoms with Gasteiger partial charge in [-0.05, 0) is 36.5 Å². The van der Waals surface area contributed by atoms with Gasteiger partial charge < -0.3 is 10.5 Å². The average molecular weight is 209 g/mol. The number of halogens is 1. The van der Waals surface area contributed by atoms with E-state index >= 15 is 0 Å². The van der Waals surface area contributed by atoms with Crippen molar-refractivity contribution < 1.29 is 9.13 Å². The number of ether oxygens (including phenoxy) is 1. The number of rotatable bonds is 2. The predicted molar refractivity (Wildman–Crippen MR) is 56.9 cm³/mol. The summed E-state index contributed by atoms with van der Waals surface area (Å²) >= 11 is 0. The lowest BCUT2D eigenvalue weighted by atomic mass is 9.88. The van der Waals surface area contributed by atoms with Crippen LogP contribution in [-0.4, -0.2) is 13.2 Å². The van der Waals surface area contributed by atoms with E-state index in [1.165, 1.54) is 12.1 Å². The van der Waals surface area contributed by atoms with Crippen molar-refractivity contribution in [3.8, 4) is 0 Å². The van der Waals surface area contributed by atoms with Crippen molar-refractivity contribution in [2.24, 2.45) is 11.7 Å². The summed E-state index contributed by atoms with van der Waals surface area (Å²) in [4.78, 5) is 0. The summed E-state index contributed by atoms with van der Waals surface area (Å²) in [5, 5.41) is 0. The van der Waals surface area contributed by atoms with Crippen LogP contribution >= 0.6 is 0 Å². The van der Waals surface area contributed by atoms with E-state index in [0.717, 1.165) is 31.6 Å². The van der Waals surface area contributed by atoms with Crippen LogP contribution in [-0.2, 0) is 4.74 Å². The van der Waals surface area contributed by atoms with E-state index in [1.54, 1.807) is 12.1 Å². The topological polar surface area (TPSA) is 35.2 Å². The van der Waals surface area contributed by atoms with Crippen molar-refractivity contribution in [2.45, 2.75) is 18.9 Å². The van der Waals surface area contributed by atoms with Crippen LogP contribution < -0.4 is 5.73 Å². The molecule has 1 aromatic rings. The predicted octanol–water partition coefficient (Wildman–Crippen LogP) is 2.25. The molecule has 1 aromatic carbocycles. The smallest absolute Gasteiger partial charge is 0.123 e. The van der Waals surface area contributed by atoms with E-state index in [4.69, 9.17) is 10.5 Å². The maximum absolute atomic E-state index is 12.7. The summed E-state index contributed by atoms with van der Waals surface area (Å²) in [6.07, 6.45) is 2.00. The van der Waals surface area contributed by atoms with E-state index in [0.29, 0.717) is 5.92 Å². The van der Waals surface area contributed by atoms with Crippen LogP contribution in [0.5, 0.6) is 0 Å². The molecular weight excluding hydrogens is 193 g/mol. The lowest BCUT2D eigenvalue weighted by Gasteiger charge is -2.27. The van der Waals surface area contributed by atoms with Crippen molar-refractivity contribution in [1.29, 1.82) is 0 Å². The largest absolute Gasteiger partial charge is 0.381 e. The molecule has 1 aliphatic rings. The Bertz CT molecular complexity index is 306. The van der Waals surface area contributed by atoms with Crippen LogP contribution in [0, 0.1) is 11.7 Å². The minimum absolute atomic E-state index is 0.00880. The highest BCUT2D eigenvalue weighted by Gasteiger charge is 2.21. The van der Waals surface area contributed by atoms with Gasteiger partial charge in [0.1, 0.15) is 5.82 Å². The maximum atomic E-state index is 12.7. The van der Waals surface area contributed by atoms with Crippen LogP contribution in [0.25, 0.3) is 0 Å². The second-order valence-corrected chi connectivity index (χ2v) is 4.03. The van der Waals surface area contributed by atoms with Crippen LogP contribution in [0.3, 0.4) is 0 Å². The molecule has 15 heavy (non-hydrogen) atoms. The lowest BCUT2D eigenvalue weighted by molar-refractivity contribution is 0.0584. The van der Waals surface area contributed by atoms with Gasteiger partial charge in [0.2, 0.25) is 0 Å². The molecule has 1 saturated heterocycles. The first-order valence-corrected chi connectivity index (χ1v) is 5.36. The minimum Gasteiger partial charge on any atom is -0.381 e. The molecule has 3 heteroatoms. The minimum atomic E-state index is -0.210. The second-order valence-electron chi connectivity index (χ2n) is 4.03. The number of benzene rings is 1. The van der Waals surface area contributed by atoms with Gasteiger partial charge in [-0.3, -0.25) is 0 Å². The molecule has 2 N–H and O–H groups in total. The van der Waals surface area contributed by atoms with E-state index in [-0.39, 0.29) is 11.9 Å². The Labute approximate surface area is 89.2 Å². The highest BCUT2D eigenvalue weighted by Crippen LogP contribution is 2.27. The quantitative estimate of drug-likeness (QED) is 0.810. The molecule has 1 unspecified atom stereocenters. The fourth-order valence-electron chi connectivity index (χ4n) is 2.03. The van der Waals surface area contributed by atoms with Crippen molar-refractivity contribution in [3.63, 3.8) is 0 Å². The molecule has 0 saturated carbocycles. The molecule has 1 atom stereocenters. The fourth-order valence-corrected chi connectivity index (χ4v) is 2.03.